The van der Waals surface area contributed by atoms with E-state index in [-0.39, 0.29) is 16.9 Å². The third kappa shape index (κ3) is 3.27. The minimum Gasteiger partial charge on any atom is -0.360 e. The van der Waals surface area contributed by atoms with Crippen molar-refractivity contribution in [2.45, 2.75) is 31.2 Å². The molecule has 7 heteroatoms. The summed E-state index contributed by atoms with van der Waals surface area (Å²) in [6.45, 7) is 1.82. The zero-order valence-electron chi connectivity index (χ0n) is 13.5. The van der Waals surface area contributed by atoms with Crippen LogP contribution in [0.25, 0.3) is 0 Å². The molecule has 4 nitrogen and oxygen atoms in total. The molecule has 0 spiro atoms. The number of likely N-dealkylation sites (tertiary alicyclic amines) is 1. The predicted octanol–water partition coefficient (Wildman–Crippen LogP) is 4.31. The summed E-state index contributed by atoms with van der Waals surface area (Å²) in [6.07, 6.45) is 3.51. The van der Waals surface area contributed by atoms with E-state index in [1.54, 1.807) is 12.1 Å². The monoisotopic (exact) mass is 366 g/mol. The van der Waals surface area contributed by atoms with Crippen molar-refractivity contribution >= 4 is 28.3 Å². The fourth-order valence-corrected chi connectivity index (χ4v) is 4.27. The lowest BCUT2D eigenvalue weighted by atomic mass is 9.93. The largest absolute Gasteiger partial charge is 0.360 e. The first-order valence-electron chi connectivity index (χ1n) is 8.34. The summed E-state index contributed by atoms with van der Waals surface area (Å²) in [5.74, 6) is 1.63. The molecule has 0 radical (unpaired) electrons. The van der Waals surface area contributed by atoms with Crippen LogP contribution < -0.4 is 5.32 Å². The van der Waals surface area contributed by atoms with Gasteiger partial charge in [-0.15, -0.1) is 0 Å². The van der Waals surface area contributed by atoms with Crippen LogP contribution in [0.3, 0.4) is 0 Å². The summed E-state index contributed by atoms with van der Waals surface area (Å²) < 4.78 is 18.3. The number of halogens is 2. The van der Waals surface area contributed by atoms with Crippen LogP contribution in [0.5, 0.6) is 0 Å². The maximum atomic E-state index is 13.8. The topological polar surface area (TPSA) is 41.0 Å². The van der Waals surface area contributed by atoms with Crippen molar-refractivity contribution in [2.75, 3.05) is 25.5 Å². The molecule has 1 aliphatic heterocycles. The van der Waals surface area contributed by atoms with Gasteiger partial charge in [0.2, 0.25) is 5.13 Å². The highest BCUT2D eigenvalue weighted by atomic mass is 35.5. The molecular formula is C17H20ClFN4S. The second kappa shape index (κ2) is 6.58. The van der Waals surface area contributed by atoms with Crippen LogP contribution in [0.4, 0.5) is 9.52 Å². The van der Waals surface area contributed by atoms with Gasteiger partial charge in [0.15, 0.2) is 0 Å². The predicted molar refractivity (Wildman–Crippen MR) is 95.3 cm³/mol. The average Bonchev–Trinajstić information content (AvgIpc) is 3.20. The van der Waals surface area contributed by atoms with E-state index >= 15 is 0 Å². The minimum atomic E-state index is -0.348. The molecule has 128 valence electrons. The van der Waals surface area contributed by atoms with Crippen LogP contribution in [0, 0.1) is 11.7 Å². The number of benzene rings is 1. The Balaban J connectivity index is 1.45. The van der Waals surface area contributed by atoms with E-state index in [2.05, 4.69) is 26.6 Å². The maximum Gasteiger partial charge on any atom is 0.202 e. The number of hydrogen-bond donors (Lipinski definition) is 1. The van der Waals surface area contributed by atoms with Crippen LogP contribution >= 0.6 is 23.1 Å². The van der Waals surface area contributed by atoms with Gasteiger partial charge in [0.05, 0.1) is 5.02 Å². The quantitative estimate of drug-likeness (QED) is 0.855. The van der Waals surface area contributed by atoms with Gasteiger partial charge < -0.3 is 5.32 Å². The normalized spacial score (nSPS) is 24.5. The molecular weight excluding hydrogens is 347 g/mol. The van der Waals surface area contributed by atoms with Crippen LogP contribution in [-0.2, 0) is 0 Å². The van der Waals surface area contributed by atoms with Gasteiger partial charge in [-0.25, -0.2) is 9.37 Å². The van der Waals surface area contributed by atoms with Gasteiger partial charge in [-0.3, -0.25) is 4.90 Å². The number of rotatable bonds is 5. The molecule has 2 aliphatic rings. The lowest BCUT2D eigenvalue weighted by Crippen LogP contribution is -2.25. The fourth-order valence-electron chi connectivity index (χ4n) is 3.50. The Morgan fingerprint density at radius 1 is 1.38 bits per heavy atom. The molecule has 1 aromatic heterocycles. The SMILES string of the molecule is CN1CCC(CNc2nc(C3CC3)ns2)C1c1ccc(Cl)c(F)c1. The Morgan fingerprint density at radius 3 is 2.96 bits per heavy atom. The molecule has 2 aromatic rings. The molecule has 1 aromatic carbocycles. The van der Waals surface area contributed by atoms with E-state index in [1.807, 2.05) is 6.07 Å². The molecule has 1 N–H and O–H groups in total. The zero-order valence-corrected chi connectivity index (χ0v) is 15.1. The van der Waals surface area contributed by atoms with Crippen molar-refractivity contribution in [3.05, 3.63) is 40.4 Å². The number of hydrogen-bond acceptors (Lipinski definition) is 5. The number of aromatic nitrogens is 2. The molecule has 2 heterocycles. The summed E-state index contributed by atoms with van der Waals surface area (Å²) in [5.41, 5.74) is 0.986. The van der Waals surface area contributed by atoms with E-state index in [4.69, 9.17) is 11.6 Å². The van der Waals surface area contributed by atoms with Crippen LogP contribution in [-0.4, -0.2) is 34.4 Å². The Hall–Kier alpha value is -1.24. The third-order valence-corrected chi connectivity index (χ3v) is 5.95. The second-order valence-electron chi connectivity index (χ2n) is 6.76. The summed E-state index contributed by atoms with van der Waals surface area (Å²) >= 11 is 7.26. The summed E-state index contributed by atoms with van der Waals surface area (Å²) in [4.78, 5) is 6.86. The van der Waals surface area contributed by atoms with Gasteiger partial charge in [-0.2, -0.15) is 4.37 Å². The standard InChI is InChI=1S/C17H20ClFN4S/c1-23-7-6-12(15(23)11-4-5-13(18)14(19)8-11)9-20-17-21-16(22-24-17)10-2-3-10/h4-5,8,10,12,15H,2-3,6-7,9H2,1H3,(H,20,21,22). The van der Waals surface area contributed by atoms with E-state index in [9.17, 15) is 4.39 Å². The van der Waals surface area contributed by atoms with Gasteiger partial charge in [0, 0.05) is 30.0 Å². The van der Waals surface area contributed by atoms with Crippen molar-refractivity contribution < 1.29 is 4.39 Å². The van der Waals surface area contributed by atoms with Crippen LogP contribution in [0.15, 0.2) is 18.2 Å². The van der Waals surface area contributed by atoms with E-state index < -0.39 is 0 Å². The summed E-state index contributed by atoms with van der Waals surface area (Å²) in [7, 11) is 2.09. The van der Waals surface area contributed by atoms with Gasteiger partial charge in [-0.1, -0.05) is 17.7 Å². The first kappa shape index (κ1) is 16.2. The number of nitrogens with zero attached hydrogens (tertiary/aromatic N) is 3. The molecule has 4 rings (SSSR count). The van der Waals surface area contributed by atoms with Crippen molar-refractivity contribution in [3.63, 3.8) is 0 Å². The van der Waals surface area contributed by atoms with Gasteiger partial charge in [0.25, 0.3) is 0 Å². The van der Waals surface area contributed by atoms with Crippen LogP contribution in [0.2, 0.25) is 5.02 Å². The molecule has 0 bridgehead atoms. The third-order valence-electron chi connectivity index (χ3n) is 4.96. The first-order valence-corrected chi connectivity index (χ1v) is 9.49. The van der Waals surface area contributed by atoms with Crippen molar-refractivity contribution in [3.8, 4) is 0 Å². The summed E-state index contributed by atoms with van der Waals surface area (Å²) in [6, 6.07) is 5.34. The molecule has 2 atom stereocenters. The number of nitrogens with one attached hydrogen (secondary N) is 1. The lowest BCUT2D eigenvalue weighted by molar-refractivity contribution is 0.281. The molecule has 24 heavy (non-hydrogen) atoms. The summed E-state index contributed by atoms with van der Waals surface area (Å²) in [5, 5.41) is 4.51. The van der Waals surface area contributed by atoms with E-state index in [1.165, 1.54) is 24.4 Å². The second-order valence-corrected chi connectivity index (χ2v) is 7.92. The minimum absolute atomic E-state index is 0.176. The first-order chi connectivity index (χ1) is 11.6. The van der Waals surface area contributed by atoms with Crippen molar-refractivity contribution in [1.29, 1.82) is 0 Å². The highest BCUT2D eigenvalue weighted by Crippen LogP contribution is 2.40. The fraction of sp³-hybridized carbons (Fsp3) is 0.529. The van der Waals surface area contributed by atoms with Gasteiger partial charge >= 0.3 is 0 Å². The van der Waals surface area contributed by atoms with E-state index in [0.717, 1.165) is 36.0 Å². The van der Waals surface area contributed by atoms with Gasteiger partial charge in [-0.05, 0) is 56.5 Å². The highest BCUT2D eigenvalue weighted by Gasteiger charge is 2.33. The highest BCUT2D eigenvalue weighted by molar-refractivity contribution is 7.09. The van der Waals surface area contributed by atoms with Crippen molar-refractivity contribution in [1.82, 2.24) is 14.3 Å². The Kier molecular flexibility index (Phi) is 4.45. The lowest BCUT2D eigenvalue weighted by Gasteiger charge is -2.26. The molecule has 2 unspecified atom stereocenters. The molecule has 2 fully saturated rings. The molecule has 1 saturated carbocycles. The van der Waals surface area contributed by atoms with Crippen LogP contribution in [0.1, 0.15) is 42.6 Å². The smallest absolute Gasteiger partial charge is 0.202 e. The Labute approximate surface area is 150 Å². The zero-order chi connectivity index (χ0) is 16.7. The molecule has 0 amide bonds. The average molecular weight is 367 g/mol. The molecule has 1 aliphatic carbocycles. The van der Waals surface area contributed by atoms with Gasteiger partial charge in [0.1, 0.15) is 11.6 Å². The van der Waals surface area contributed by atoms with E-state index in [0.29, 0.717) is 11.8 Å². The Morgan fingerprint density at radius 2 is 2.21 bits per heavy atom. The number of anilines is 1. The molecule has 1 saturated heterocycles. The van der Waals surface area contributed by atoms with Crippen molar-refractivity contribution in [2.24, 2.45) is 5.92 Å². The maximum absolute atomic E-state index is 13.8. The Bertz CT molecular complexity index is 733.